The predicted octanol–water partition coefficient (Wildman–Crippen LogP) is 3.83. The lowest BCUT2D eigenvalue weighted by molar-refractivity contribution is 0.590. The van der Waals surface area contributed by atoms with Crippen molar-refractivity contribution in [2.24, 2.45) is 0 Å². The molecule has 0 spiro atoms. The Morgan fingerprint density at radius 2 is 1.60 bits per heavy atom. The second kappa shape index (κ2) is 4.69. The molecule has 0 heterocycles. The molecule has 1 heteroatoms. The Kier molecular flexibility index (Phi) is 3.78. The quantitative estimate of drug-likeness (QED) is 0.725. The van der Waals surface area contributed by atoms with Gasteiger partial charge in [0.1, 0.15) is 0 Å². The summed E-state index contributed by atoms with van der Waals surface area (Å²) in [5.41, 5.74) is 2.96. The summed E-state index contributed by atoms with van der Waals surface area (Å²) in [6, 6.07) is 8.91. The fourth-order valence-corrected chi connectivity index (χ4v) is 1.68. The molecule has 0 aliphatic rings. The van der Waals surface area contributed by atoms with Crippen LogP contribution in [0.2, 0.25) is 0 Å². The standard InChI is InChI=1S/C14H23N/c1-6-11-15(5)13-9-7-12(8-10-13)14(2,3)4/h7-10H,6,11H2,1-5H3. The van der Waals surface area contributed by atoms with Crippen LogP contribution in [-0.4, -0.2) is 13.6 Å². The van der Waals surface area contributed by atoms with E-state index >= 15 is 0 Å². The highest BCUT2D eigenvalue weighted by Crippen LogP contribution is 2.24. The van der Waals surface area contributed by atoms with Crippen LogP contribution in [-0.2, 0) is 5.41 Å². The summed E-state index contributed by atoms with van der Waals surface area (Å²) < 4.78 is 0. The molecule has 1 aromatic rings. The van der Waals surface area contributed by atoms with E-state index in [-0.39, 0.29) is 5.41 Å². The zero-order valence-corrected chi connectivity index (χ0v) is 10.7. The Labute approximate surface area is 94.1 Å². The first-order valence-corrected chi connectivity index (χ1v) is 5.77. The Morgan fingerprint density at radius 3 is 2.00 bits per heavy atom. The van der Waals surface area contributed by atoms with Crippen molar-refractivity contribution < 1.29 is 0 Å². The highest BCUT2D eigenvalue weighted by Gasteiger charge is 2.13. The van der Waals surface area contributed by atoms with E-state index in [0.717, 1.165) is 6.54 Å². The summed E-state index contributed by atoms with van der Waals surface area (Å²) in [5.74, 6) is 0. The molecule has 15 heavy (non-hydrogen) atoms. The molecule has 0 aliphatic carbocycles. The van der Waals surface area contributed by atoms with Gasteiger partial charge in [0.25, 0.3) is 0 Å². The third-order valence-corrected chi connectivity index (χ3v) is 2.73. The number of nitrogens with zero attached hydrogens (tertiary/aromatic N) is 1. The van der Waals surface area contributed by atoms with Crippen LogP contribution in [0.4, 0.5) is 5.69 Å². The maximum atomic E-state index is 2.30. The van der Waals surface area contributed by atoms with Gasteiger partial charge in [0.15, 0.2) is 0 Å². The van der Waals surface area contributed by atoms with Gasteiger partial charge < -0.3 is 4.90 Å². The maximum absolute atomic E-state index is 2.30. The lowest BCUT2D eigenvalue weighted by Gasteiger charge is -2.22. The van der Waals surface area contributed by atoms with Crippen molar-refractivity contribution in [2.75, 3.05) is 18.5 Å². The minimum absolute atomic E-state index is 0.252. The normalized spacial score (nSPS) is 11.5. The molecule has 0 N–H and O–H groups in total. The number of anilines is 1. The molecule has 0 fully saturated rings. The van der Waals surface area contributed by atoms with Crippen molar-refractivity contribution in [3.63, 3.8) is 0 Å². The van der Waals surface area contributed by atoms with E-state index in [4.69, 9.17) is 0 Å². The highest BCUT2D eigenvalue weighted by molar-refractivity contribution is 5.47. The van der Waals surface area contributed by atoms with Gasteiger partial charge in [-0.15, -0.1) is 0 Å². The third-order valence-electron chi connectivity index (χ3n) is 2.73. The Hall–Kier alpha value is -0.980. The zero-order valence-electron chi connectivity index (χ0n) is 10.7. The second-order valence-corrected chi connectivity index (χ2v) is 5.22. The van der Waals surface area contributed by atoms with Crippen LogP contribution in [0, 0.1) is 0 Å². The second-order valence-electron chi connectivity index (χ2n) is 5.22. The van der Waals surface area contributed by atoms with Gasteiger partial charge in [0, 0.05) is 19.3 Å². The van der Waals surface area contributed by atoms with Gasteiger partial charge in [-0.25, -0.2) is 0 Å². The van der Waals surface area contributed by atoms with E-state index in [1.807, 2.05) is 0 Å². The Balaban J connectivity index is 2.81. The summed E-state index contributed by atoms with van der Waals surface area (Å²) in [4.78, 5) is 2.30. The lowest BCUT2D eigenvalue weighted by atomic mass is 9.87. The van der Waals surface area contributed by atoms with E-state index in [2.05, 4.69) is 63.9 Å². The van der Waals surface area contributed by atoms with Gasteiger partial charge in [-0.2, -0.15) is 0 Å². The van der Waals surface area contributed by atoms with E-state index in [0.29, 0.717) is 0 Å². The monoisotopic (exact) mass is 205 g/mol. The molecule has 0 bridgehead atoms. The molecule has 1 nitrogen and oxygen atoms in total. The fraction of sp³-hybridized carbons (Fsp3) is 0.571. The highest BCUT2D eigenvalue weighted by atomic mass is 15.1. The van der Waals surface area contributed by atoms with Crippen LogP contribution >= 0.6 is 0 Å². The first kappa shape index (κ1) is 12.1. The average molecular weight is 205 g/mol. The van der Waals surface area contributed by atoms with Gasteiger partial charge in [0.05, 0.1) is 0 Å². The summed E-state index contributed by atoms with van der Waals surface area (Å²) in [7, 11) is 2.15. The van der Waals surface area contributed by atoms with Crippen molar-refractivity contribution in [3.05, 3.63) is 29.8 Å². The summed E-state index contributed by atoms with van der Waals surface area (Å²) >= 11 is 0. The number of rotatable bonds is 3. The first-order chi connectivity index (χ1) is 6.95. The fourth-order valence-electron chi connectivity index (χ4n) is 1.68. The maximum Gasteiger partial charge on any atom is 0.0363 e. The zero-order chi connectivity index (χ0) is 11.5. The molecule has 0 atom stereocenters. The number of hydrogen-bond acceptors (Lipinski definition) is 1. The van der Waals surface area contributed by atoms with Gasteiger partial charge in [0.2, 0.25) is 0 Å². The largest absolute Gasteiger partial charge is 0.375 e. The van der Waals surface area contributed by atoms with E-state index in [1.165, 1.54) is 17.7 Å². The SMILES string of the molecule is CCCN(C)c1ccc(C(C)(C)C)cc1. The molecule has 1 rings (SSSR count). The molecular weight excluding hydrogens is 182 g/mol. The van der Waals surface area contributed by atoms with Crippen molar-refractivity contribution in [3.8, 4) is 0 Å². The molecule has 0 saturated heterocycles. The van der Waals surface area contributed by atoms with Crippen LogP contribution in [0.15, 0.2) is 24.3 Å². The van der Waals surface area contributed by atoms with Crippen molar-refractivity contribution >= 4 is 5.69 Å². The smallest absolute Gasteiger partial charge is 0.0363 e. The number of benzene rings is 1. The van der Waals surface area contributed by atoms with Crippen LogP contribution in [0.3, 0.4) is 0 Å². The molecule has 0 aromatic heterocycles. The molecular formula is C14H23N. The Bertz CT molecular complexity index is 292. The molecule has 0 amide bonds. The third kappa shape index (κ3) is 3.26. The molecule has 84 valence electrons. The van der Waals surface area contributed by atoms with Crippen LogP contribution in [0.5, 0.6) is 0 Å². The minimum atomic E-state index is 0.252. The molecule has 0 aliphatic heterocycles. The molecule has 0 radical (unpaired) electrons. The molecule has 0 unspecified atom stereocenters. The van der Waals surface area contributed by atoms with Crippen LogP contribution in [0.1, 0.15) is 39.7 Å². The van der Waals surface area contributed by atoms with Crippen LogP contribution in [0.25, 0.3) is 0 Å². The average Bonchev–Trinajstić information content (AvgIpc) is 2.17. The lowest BCUT2D eigenvalue weighted by Crippen LogP contribution is -2.18. The molecule has 0 saturated carbocycles. The van der Waals surface area contributed by atoms with Gasteiger partial charge in [-0.3, -0.25) is 0 Å². The van der Waals surface area contributed by atoms with Crippen molar-refractivity contribution in [2.45, 2.75) is 39.5 Å². The van der Waals surface area contributed by atoms with Crippen molar-refractivity contribution in [1.82, 2.24) is 0 Å². The summed E-state index contributed by atoms with van der Waals surface area (Å²) in [6.45, 7) is 10.1. The Morgan fingerprint density at radius 1 is 1.07 bits per heavy atom. The predicted molar refractivity (Wildman–Crippen MR) is 68.7 cm³/mol. The minimum Gasteiger partial charge on any atom is -0.375 e. The first-order valence-electron chi connectivity index (χ1n) is 5.77. The van der Waals surface area contributed by atoms with E-state index in [9.17, 15) is 0 Å². The summed E-state index contributed by atoms with van der Waals surface area (Å²) in [6.07, 6.45) is 1.19. The van der Waals surface area contributed by atoms with Gasteiger partial charge >= 0.3 is 0 Å². The number of hydrogen-bond donors (Lipinski definition) is 0. The van der Waals surface area contributed by atoms with Crippen LogP contribution < -0.4 is 4.90 Å². The topological polar surface area (TPSA) is 3.24 Å². The summed E-state index contributed by atoms with van der Waals surface area (Å²) in [5, 5.41) is 0. The van der Waals surface area contributed by atoms with Crippen molar-refractivity contribution in [1.29, 1.82) is 0 Å². The van der Waals surface area contributed by atoms with Gasteiger partial charge in [-0.1, -0.05) is 39.8 Å². The van der Waals surface area contributed by atoms with E-state index in [1.54, 1.807) is 0 Å². The van der Waals surface area contributed by atoms with Gasteiger partial charge in [-0.05, 0) is 29.5 Å². The van der Waals surface area contributed by atoms with E-state index < -0.39 is 0 Å². The molecule has 1 aromatic carbocycles.